The first kappa shape index (κ1) is 19.5. The van der Waals surface area contributed by atoms with Crippen molar-refractivity contribution in [2.75, 3.05) is 27.7 Å². The number of nitrogens with zero attached hydrogens (tertiary/aromatic N) is 1. The first-order valence-electron chi connectivity index (χ1n) is 8.31. The summed E-state index contributed by atoms with van der Waals surface area (Å²) < 4.78 is 6.34. The van der Waals surface area contributed by atoms with Crippen LogP contribution in [0.15, 0.2) is 53.0 Å². The predicted molar refractivity (Wildman–Crippen MR) is 105 cm³/mol. The summed E-state index contributed by atoms with van der Waals surface area (Å²) in [5.74, 6) is 0.889. The van der Waals surface area contributed by atoms with Gasteiger partial charge in [-0.1, -0.05) is 40.2 Å². The maximum Gasteiger partial charge on any atom is 0.220 e. The highest BCUT2D eigenvalue weighted by Gasteiger charge is 2.16. The Morgan fingerprint density at radius 1 is 1.20 bits per heavy atom. The van der Waals surface area contributed by atoms with Crippen molar-refractivity contribution in [3.63, 3.8) is 0 Å². The van der Waals surface area contributed by atoms with E-state index in [9.17, 15) is 4.79 Å². The molecule has 0 aliphatic heterocycles. The van der Waals surface area contributed by atoms with Gasteiger partial charge in [0.25, 0.3) is 0 Å². The fraction of sp³-hybridized carbons (Fsp3) is 0.350. The molecule has 0 saturated heterocycles. The van der Waals surface area contributed by atoms with Crippen molar-refractivity contribution in [3.8, 4) is 5.75 Å². The minimum absolute atomic E-state index is 0.0646. The van der Waals surface area contributed by atoms with Gasteiger partial charge in [0.2, 0.25) is 5.91 Å². The van der Waals surface area contributed by atoms with Crippen LogP contribution in [0.25, 0.3) is 0 Å². The number of carbonyl (C=O) groups excluding carboxylic acids is 1. The largest absolute Gasteiger partial charge is 0.497 e. The summed E-state index contributed by atoms with van der Waals surface area (Å²) in [6.45, 7) is 0.567. The Labute approximate surface area is 158 Å². The van der Waals surface area contributed by atoms with E-state index in [1.54, 1.807) is 7.11 Å². The van der Waals surface area contributed by atoms with Crippen LogP contribution in [0.5, 0.6) is 5.75 Å². The molecular weight excluding hydrogens is 380 g/mol. The zero-order valence-corrected chi connectivity index (χ0v) is 16.5. The molecule has 1 unspecified atom stereocenters. The van der Waals surface area contributed by atoms with Crippen molar-refractivity contribution >= 4 is 21.8 Å². The number of ether oxygens (including phenoxy) is 1. The summed E-state index contributed by atoms with van der Waals surface area (Å²) >= 11 is 3.46. The number of halogens is 1. The molecule has 1 amide bonds. The van der Waals surface area contributed by atoms with Crippen LogP contribution >= 0.6 is 15.9 Å². The number of benzene rings is 2. The smallest absolute Gasteiger partial charge is 0.220 e. The Bertz CT molecular complexity index is 704. The number of carbonyl (C=O) groups is 1. The van der Waals surface area contributed by atoms with E-state index in [4.69, 9.17) is 4.74 Å². The summed E-state index contributed by atoms with van der Waals surface area (Å²) in [5, 5.41) is 3.05. The molecule has 2 aromatic rings. The number of methoxy groups -OCH3 is 1. The van der Waals surface area contributed by atoms with Crippen LogP contribution in [0.4, 0.5) is 0 Å². The highest BCUT2D eigenvalue weighted by Crippen LogP contribution is 2.22. The van der Waals surface area contributed by atoms with Crippen molar-refractivity contribution in [1.82, 2.24) is 10.2 Å². The van der Waals surface area contributed by atoms with E-state index >= 15 is 0 Å². The second-order valence-corrected chi connectivity index (χ2v) is 7.11. The summed E-state index contributed by atoms with van der Waals surface area (Å²) in [7, 11) is 5.68. The van der Waals surface area contributed by atoms with Crippen LogP contribution in [0.3, 0.4) is 0 Å². The molecule has 0 aliphatic carbocycles. The first-order valence-corrected chi connectivity index (χ1v) is 9.10. The third-order valence-corrected chi connectivity index (χ3v) is 4.62. The summed E-state index contributed by atoms with van der Waals surface area (Å²) in [5.41, 5.74) is 2.28. The Balaban J connectivity index is 1.90. The van der Waals surface area contributed by atoms with Gasteiger partial charge in [-0.05, 0) is 55.9 Å². The maximum absolute atomic E-state index is 12.2. The van der Waals surface area contributed by atoms with Gasteiger partial charge in [0.15, 0.2) is 0 Å². The SMILES string of the molecule is COc1cccc(C(CNC(=O)CCc2cccc(Br)c2)N(C)C)c1. The van der Waals surface area contributed by atoms with Crippen LogP contribution in [-0.2, 0) is 11.2 Å². The van der Waals surface area contributed by atoms with Gasteiger partial charge >= 0.3 is 0 Å². The van der Waals surface area contributed by atoms with E-state index in [0.29, 0.717) is 13.0 Å². The van der Waals surface area contributed by atoms with Crippen molar-refractivity contribution in [2.24, 2.45) is 0 Å². The van der Waals surface area contributed by atoms with E-state index < -0.39 is 0 Å². The van der Waals surface area contributed by atoms with Crippen molar-refractivity contribution in [3.05, 3.63) is 64.1 Å². The van der Waals surface area contributed by atoms with Gasteiger partial charge in [-0.3, -0.25) is 4.79 Å². The monoisotopic (exact) mass is 404 g/mol. The lowest BCUT2D eigenvalue weighted by Crippen LogP contribution is -2.34. The summed E-state index contributed by atoms with van der Waals surface area (Å²) in [6, 6.07) is 16.1. The quantitative estimate of drug-likeness (QED) is 0.726. The first-order chi connectivity index (χ1) is 12.0. The van der Waals surface area contributed by atoms with Gasteiger partial charge in [-0.15, -0.1) is 0 Å². The maximum atomic E-state index is 12.2. The highest BCUT2D eigenvalue weighted by atomic mass is 79.9. The van der Waals surface area contributed by atoms with Gasteiger partial charge in [0.1, 0.15) is 5.75 Å². The number of amides is 1. The Hall–Kier alpha value is -1.85. The molecule has 0 bridgehead atoms. The number of nitrogens with one attached hydrogen (secondary N) is 1. The zero-order valence-electron chi connectivity index (χ0n) is 15.0. The van der Waals surface area contributed by atoms with E-state index in [1.807, 2.05) is 56.6 Å². The van der Waals surface area contributed by atoms with Crippen molar-refractivity contribution < 1.29 is 9.53 Å². The molecule has 0 saturated carbocycles. The van der Waals surface area contributed by atoms with Gasteiger partial charge in [-0.2, -0.15) is 0 Å². The third kappa shape index (κ3) is 6.18. The Kier molecular flexibility index (Phi) is 7.47. The molecule has 5 heteroatoms. The molecule has 25 heavy (non-hydrogen) atoms. The average molecular weight is 405 g/mol. The second kappa shape index (κ2) is 9.59. The molecule has 0 spiro atoms. The number of likely N-dealkylation sites (N-methyl/N-ethyl adjacent to an activating group) is 1. The standard InChI is InChI=1S/C20H25BrN2O2/c1-23(2)19(16-7-5-9-18(13-16)25-3)14-22-20(24)11-10-15-6-4-8-17(21)12-15/h4-9,12-13,19H,10-11,14H2,1-3H3,(H,22,24). The lowest BCUT2D eigenvalue weighted by molar-refractivity contribution is -0.121. The number of rotatable bonds is 8. The topological polar surface area (TPSA) is 41.6 Å². The van der Waals surface area contributed by atoms with Crippen molar-refractivity contribution in [1.29, 1.82) is 0 Å². The lowest BCUT2D eigenvalue weighted by Gasteiger charge is -2.25. The molecule has 4 nitrogen and oxygen atoms in total. The van der Waals surface area contributed by atoms with Crippen LogP contribution in [0.2, 0.25) is 0 Å². The van der Waals surface area contributed by atoms with Crippen LogP contribution in [-0.4, -0.2) is 38.6 Å². The van der Waals surface area contributed by atoms with Gasteiger partial charge < -0.3 is 15.0 Å². The molecule has 2 rings (SSSR count). The number of aryl methyl sites for hydroxylation is 1. The molecule has 1 atom stereocenters. The fourth-order valence-electron chi connectivity index (χ4n) is 2.70. The van der Waals surface area contributed by atoms with Gasteiger partial charge in [0.05, 0.1) is 13.2 Å². The Morgan fingerprint density at radius 2 is 1.96 bits per heavy atom. The van der Waals surface area contributed by atoms with Gasteiger partial charge in [0, 0.05) is 17.4 Å². The molecule has 0 fully saturated rings. The summed E-state index contributed by atoms with van der Waals surface area (Å²) in [4.78, 5) is 14.3. The van der Waals surface area contributed by atoms with Gasteiger partial charge in [-0.25, -0.2) is 0 Å². The lowest BCUT2D eigenvalue weighted by atomic mass is 10.1. The molecule has 0 aromatic heterocycles. The molecule has 0 radical (unpaired) electrons. The zero-order chi connectivity index (χ0) is 18.2. The normalized spacial score (nSPS) is 12.0. The molecule has 0 heterocycles. The predicted octanol–water partition coefficient (Wildman–Crippen LogP) is 3.81. The number of hydrogen-bond donors (Lipinski definition) is 1. The molecule has 1 N–H and O–H groups in total. The van der Waals surface area contributed by atoms with Crippen LogP contribution in [0.1, 0.15) is 23.6 Å². The van der Waals surface area contributed by atoms with Crippen LogP contribution in [0, 0.1) is 0 Å². The van der Waals surface area contributed by atoms with E-state index in [1.165, 1.54) is 0 Å². The minimum Gasteiger partial charge on any atom is -0.497 e. The molecular formula is C20H25BrN2O2. The second-order valence-electron chi connectivity index (χ2n) is 6.19. The molecule has 2 aromatic carbocycles. The number of hydrogen-bond acceptors (Lipinski definition) is 3. The summed E-state index contributed by atoms with van der Waals surface area (Å²) in [6.07, 6.45) is 1.21. The third-order valence-electron chi connectivity index (χ3n) is 4.12. The van der Waals surface area contributed by atoms with E-state index in [2.05, 4.69) is 32.2 Å². The fourth-order valence-corrected chi connectivity index (χ4v) is 3.14. The van der Waals surface area contributed by atoms with Crippen LogP contribution < -0.4 is 10.1 Å². The van der Waals surface area contributed by atoms with E-state index in [0.717, 1.165) is 27.8 Å². The minimum atomic E-state index is 0.0646. The van der Waals surface area contributed by atoms with Crippen molar-refractivity contribution in [2.45, 2.75) is 18.9 Å². The molecule has 0 aliphatic rings. The Morgan fingerprint density at radius 3 is 2.64 bits per heavy atom. The van der Waals surface area contributed by atoms with E-state index in [-0.39, 0.29) is 11.9 Å². The molecule has 134 valence electrons. The average Bonchev–Trinajstić information content (AvgIpc) is 2.60. The highest BCUT2D eigenvalue weighted by molar-refractivity contribution is 9.10.